The Morgan fingerprint density at radius 1 is 1.10 bits per heavy atom. The molecule has 0 radical (unpaired) electrons. The number of thioether (sulfide) groups is 1. The molecular weight excluding hydrogens is 384 g/mol. The minimum atomic E-state index is -0.721. The molecule has 3 rings (SSSR count). The van der Waals surface area contributed by atoms with Crippen molar-refractivity contribution in [1.82, 2.24) is 10.2 Å². The molecule has 4 atom stereocenters. The van der Waals surface area contributed by atoms with Gasteiger partial charge in [-0.1, -0.05) is 42.2 Å². The lowest BCUT2D eigenvalue weighted by molar-refractivity contribution is -0.148. The first kappa shape index (κ1) is 21.9. The van der Waals surface area contributed by atoms with Gasteiger partial charge in [-0.05, 0) is 57.6 Å². The maximum absolute atomic E-state index is 13.2. The van der Waals surface area contributed by atoms with E-state index < -0.39 is 6.04 Å². The summed E-state index contributed by atoms with van der Waals surface area (Å²) in [7, 11) is 0. The third-order valence-corrected chi connectivity index (χ3v) is 6.83. The number of imide groups is 1. The van der Waals surface area contributed by atoms with Crippen LogP contribution < -0.4 is 5.32 Å². The van der Waals surface area contributed by atoms with Crippen LogP contribution in [-0.4, -0.2) is 40.7 Å². The molecule has 1 aromatic rings. The first-order chi connectivity index (χ1) is 13.8. The number of fused-ring (bicyclic) bond motifs is 1. The van der Waals surface area contributed by atoms with Crippen molar-refractivity contribution in [3.63, 3.8) is 0 Å². The summed E-state index contributed by atoms with van der Waals surface area (Å²) in [6.45, 7) is 6.02. The first-order valence-corrected chi connectivity index (χ1v) is 12.0. The van der Waals surface area contributed by atoms with Crippen LogP contribution in [0.25, 0.3) is 0 Å². The molecule has 0 bridgehead atoms. The summed E-state index contributed by atoms with van der Waals surface area (Å²) >= 11 is 1.62. The van der Waals surface area contributed by atoms with Gasteiger partial charge in [-0.3, -0.25) is 19.3 Å². The van der Waals surface area contributed by atoms with Crippen molar-refractivity contribution in [2.24, 2.45) is 11.8 Å². The second-order valence-corrected chi connectivity index (χ2v) is 9.48. The number of nitrogens with zero attached hydrogens (tertiary/aromatic N) is 1. The smallest absolute Gasteiger partial charge is 0.243 e. The molecule has 1 N–H and O–H groups in total. The van der Waals surface area contributed by atoms with Crippen LogP contribution in [0.2, 0.25) is 0 Å². The number of hydrogen-bond donors (Lipinski definition) is 1. The van der Waals surface area contributed by atoms with E-state index in [1.807, 2.05) is 27.0 Å². The minimum Gasteiger partial charge on any atom is -0.348 e. The lowest BCUT2D eigenvalue weighted by Crippen LogP contribution is -2.50. The summed E-state index contributed by atoms with van der Waals surface area (Å²) in [5.41, 5.74) is 3.33. The number of carbonyl (C=O) groups is 3. The second-order valence-electron chi connectivity index (χ2n) is 8.49. The Kier molecular flexibility index (Phi) is 7.04. The molecule has 1 saturated carbocycles. The molecule has 0 aromatic heterocycles. The van der Waals surface area contributed by atoms with E-state index in [1.54, 1.807) is 11.8 Å². The number of carbonyl (C=O) groups excluding carboxylic acids is 3. The summed E-state index contributed by atoms with van der Waals surface area (Å²) < 4.78 is 0. The Morgan fingerprint density at radius 2 is 1.66 bits per heavy atom. The molecule has 1 aliphatic carbocycles. The van der Waals surface area contributed by atoms with E-state index >= 15 is 0 Å². The number of benzene rings is 1. The van der Waals surface area contributed by atoms with Crippen LogP contribution in [-0.2, 0) is 14.4 Å². The number of amides is 3. The van der Waals surface area contributed by atoms with E-state index in [4.69, 9.17) is 0 Å². The Hall–Kier alpha value is -1.82. The highest BCUT2D eigenvalue weighted by atomic mass is 32.2. The van der Waals surface area contributed by atoms with Crippen molar-refractivity contribution in [1.29, 1.82) is 0 Å². The maximum Gasteiger partial charge on any atom is 0.243 e. The van der Waals surface area contributed by atoms with Gasteiger partial charge in [-0.2, -0.15) is 11.8 Å². The summed E-state index contributed by atoms with van der Waals surface area (Å²) in [6, 6.07) is 5.32. The van der Waals surface area contributed by atoms with E-state index in [9.17, 15) is 14.4 Å². The quantitative estimate of drug-likeness (QED) is 0.687. The molecule has 1 saturated heterocycles. The number of aryl methyl sites for hydroxylation is 2. The van der Waals surface area contributed by atoms with Gasteiger partial charge in [0.05, 0.1) is 17.9 Å². The van der Waals surface area contributed by atoms with Crippen molar-refractivity contribution in [3.05, 3.63) is 34.9 Å². The summed E-state index contributed by atoms with van der Waals surface area (Å²) in [5.74, 6) is -0.232. The fourth-order valence-electron chi connectivity index (χ4n) is 4.75. The van der Waals surface area contributed by atoms with Crippen LogP contribution in [0, 0.1) is 25.7 Å². The standard InChI is InChI=1S/C23H32N2O3S/c1-14-11-15(2)13-17(12-14)16(3)24-21(26)20(9-10-29-4)25-22(27)18-7-5-6-8-19(18)23(25)28/h11-13,16,18-20H,5-10H2,1-4H3,(H,24,26). The van der Waals surface area contributed by atoms with E-state index in [1.165, 1.54) is 4.90 Å². The molecule has 6 heteroatoms. The number of rotatable bonds is 7. The Balaban J connectivity index is 1.79. The topological polar surface area (TPSA) is 66.5 Å². The largest absolute Gasteiger partial charge is 0.348 e. The van der Waals surface area contributed by atoms with E-state index in [0.29, 0.717) is 6.42 Å². The summed E-state index contributed by atoms with van der Waals surface area (Å²) in [5, 5.41) is 3.06. The predicted molar refractivity (Wildman–Crippen MR) is 117 cm³/mol. The molecule has 158 valence electrons. The first-order valence-electron chi connectivity index (χ1n) is 10.6. The van der Waals surface area contributed by atoms with Gasteiger partial charge in [0.15, 0.2) is 0 Å². The Labute approximate surface area is 178 Å². The van der Waals surface area contributed by atoms with Gasteiger partial charge in [0.25, 0.3) is 0 Å². The molecule has 2 fully saturated rings. The van der Waals surface area contributed by atoms with E-state index in [0.717, 1.165) is 48.1 Å². The molecule has 1 heterocycles. The minimum absolute atomic E-state index is 0.139. The van der Waals surface area contributed by atoms with Gasteiger partial charge in [-0.15, -0.1) is 0 Å². The lowest BCUT2D eigenvalue weighted by atomic mass is 9.81. The number of likely N-dealkylation sites (tertiary alicyclic amines) is 1. The van der Waals surface area contributed by atoms with Crippen LogP contribution in [0.15, 0.2) is 18.2 Å². The molecule has 1 aromatic carbocycles. The normalized spacial score (nSPS) is 23.7. The van der Waals surface area contributed by atoms with Crippen molar-refractivity contribution in [2.75, 3.05) is 12.0 Å². The molecule has 1 aliphatic heterocycles. The molecule has 2 aliphatic rings. The highest BCUT2D eigenvalue weighted by Gasteiger charge is 2.51. The highest BCUT2D eigenvalue weighted by molar-refractivity contribution is 7.98. The Bertz CT molecular complexity index is 750. The zero-order valence-corrected chi connectivity index (χ0v) is 18.7. The van der Waals surface area contributed by atoms with Crippen LogP contribution >= 0.6 is 11.8 Å². The van der Waals surface area contributed by atoms with Crippen molar-refractivity contribution < 1.29 is 14.4 Å². The zero-order chi connectivity index (χ0) is 21.1. The maximum atomic E-state index is 13.2. The van der Waals surface area contributed by atoms with Gasteiger partial charge in [0.2, 0.25) is 17.7 Å². The fraction of sp³-hybridized carbons (Fsp3) is 0.609. The number of hydrogen-bond acceptors (Lipinski definition) is 4. The van der Waals surface area contributed by atoms with Gasteiger partial charge in [0.1, 0.15) is 6.04 Å². The van der Waals surface area contributed by atoms with Crippen LogP contribution in [0.5, 0.6) is 0 Å². The summed E-state index contributed by atoms with van der Waals surface area (Å²) in [4.78, 5) is 40.6. The van der Waals surface area contributed by atoms with Gasteiger partial charge in [-0.25, -0.2) is 0 Å². The lowest BCUT2D eigenvalue weighted by Gasteiger charge is -2.27. The molecular formula is C23H32N2O3S. The van der Waals surface area contributed by atoms with Crippen molar-refractivity contribution in [2.45, 2.75) is 65.0 Å². The van der Waals surface area contributed by atoms with Crippen molar-refractivity contribution >= 4 is 29.5 Å². The van der Waals surface area contributed by atoms with E-state index in [2.05, 4.69) is 23.5 Å². The third-order valence-electron chi connectivity index (χ3n) is 6.19. The SMILES string of the molecule is CSCCC(C(=O)NC(C)c1cc(C)cc(C)c1)N1C(=O)C2CCCCC2C1=O. The fourth-order valence-corrected chi connectivity index (χ4v) is 5.21. The second kappa shape index (κ2) is 9.33. The van der Waals surface area contributed by atoms with Crippen LogP contribution in [0.4, 0.5) is 0 Å². The van der Waals surface area contributed by atoms with E-state index in [-0.39, 0.29) is 35.6 Å². The van der Waals surface area contributed by atoms with Gasteiger partial charge >= 0.3 is 0 Å². The van der Waals surface area contributed by atoms with Crippen molar-refractivity contribution in [3.8, 4) is 0 Å². The molecule has 3 amide bonds. The number of nitrogens with one attached hydrogen (secondary N) is 1. The molecule has 29 heavy (non-hydrogen) atoms. The molecule has 0 spiro atoms. The summed E-state index contributed by atoms with van der Waals surface area (Å²) in [6.07, 6.45) is 5.96. The average molecular weight is 417 g/mol. The monoisotopic (exact) mass is 416 g/mol. The van der Waals surface area contributed by atoms with Crippen LogP contribution in [0.1, 0.15) is 61.8 Å². The predicted octanol–water partition coefficient (Wildman–Crippen LogP) is 3.78. The molecule has 4 unspecified atom stereocenters. The van der Waals surface area contributed by atoms with Crippen LogP contribution in [0.3, 0.4) is 0 Å². The highest BCUT2D eigenvalue weighted by Crippen LogP contribution is 2.39. The van der Waals surface area contributed by atoms with Gasteiger partial charge < -0.3 is 5.32 Å². The third kappa shape index (κ3) is 4.68. The molecule has 5 nitrogen and oxygen atoms in total. The average Bonchev–Trinajstić information content (AvgIpc) is 2.93. The Morgan fingerprint density at radius 3 is 2.17 bits per heavy atom. The zero-order valence-electron chi connectivity index (χ0n) is 17.9. The van der Waals surface area contributed by atoms with Gasteiger partial charge in [0, 0.05) is 0 Å².